The van der Waals surface area contributed by atoms with Gasteiger partial charge in [0.25, 0.3) is 5.91 Å². The molecular formula is C15H11N5O2S. The van der Waals surface area contributed by atoms with Gasteiger partial charge in [-0.2, -0.15) is 5.10 Å². The second kappa shape index (κ2) is 5.10. The van der Waals surface area contributed by atoms with Crippen LogP contribution in [-0.4, -0.2) is 29.9 Å². The highest BCUT2D eigenvalue weighted by Gasteiger charge is 2.23. The number of hydrogen-bond acceptors (Lipinski definition) is 5. The van der Waals surface area contributed by atoms with Gasteiger partial charge in [-0.25, -0.2) is 8.89 Å². The van der Waals surface area contributed by atoms with E-state index in [1.807, 2.05) is 25.1 Å². The molecule has 4 rings (SSSR count). The van der Waals surface area contributed by atoms with Gasteiger partial charge in [-0.05, 0) is 19.1 Å². The Morgan fingerprint density at radius 2 is 2.04 bits per heavy atom. The van der Waals surface area contributed by atoms with E-state index >= 15 is 0 Å². The molecule has 0 spiro atoms. The summed E-state index contributed by atoms with van der Waals surface area (Å²) in [4.78, 5) is 19.9. The molecule has 1 aliphatic rings. The molecule has 0 fully saturated rings. The van der Waals surface area contributed by atoms with Gasteiger partial charge in [-0.15, -0.1) is 0 Å². The third kappa shape index (κ3) is 2.33. The van der Waals surface area contributed by atoms with Crippen molar-refractivity contribution in [2.75, 3.05) is 0 Å². The lowest BCUT2D eigenvalue weighted by atomic mass is 10.1. The number of nitrogens with one attached hydrogen (secondary N) is 1. The molecule has 114 valence electrons. The third-order valence-corrected chi connectivity index (χ3v) is 4.55. The van der Waals surface area contributed by atoms with Crippen LogP contribution in [0.15, 0.2) is 42.9 Å². The average molecular weight is 325 g/mol. The minimum atomic E-state index is -1.58. The Morgan fingerprint density at radius 1 is 1.17 bits per heavy atom. The molecule has 1 N–H and O–H groups in total. The van der Waals surface area contributed by atoms with Crippen molar-refractivity contribution < 1.29 is 9.00 Å². The van der Waals surface area contributed by atoms with E-state index in [0.717, 1.165) is 27.9 Å². The molecule has 0 radical (unpaired) electrons. The molecule has 0 bridgehead atoms. The molecule has 1 aromatic carbocycles. The summed E-state index contributed by atoms with van der Waals surface area (Å²) in [6.45, 7) is 1.88. The van der Waals surface area contributed by atoms with Gasteiger partial charge >= 0.3 is 0 Å². The summed E-state index contributed by atoms with van der Waals surface area (Å²) in [6.07, 6.45) is 6.40. The van der Waals surface area contributed by atoms with E-state index in [9.17, 15) is 9.00 Å². The second-order valence-electron chi connectivity index (χ2n) is 5.09. The minimum Gasteiger partial charge on any atom is -0.269 e. The highest BCUT2D eigenvalue weighted by molar-refractivity contribution is 7.93. The maximum Gasteiger partial charge on any atom is 0.258 e. The number of benzene rings is 1. The lowest BCUT2D eigenvalue weighted by molar-refractivity contribution is -0.114. The highest BCUT2D eigenvalue weighted by atomic mass is 32.2. The molecule has 3 heterocycles. The predicted molar refractivity (Wildman–Crippen MR) is 86.1 cm³/mol. The largest absolute Gasteiger partial charge is 0.269 e. The van der Waals surface area contributed by atoms with Gasteiger partial charge < -0.3 is 0 Å². The van der Waals surface area contributed by atoms with E-state index in [0.29, 0.717) is 5.03 Å². The fourth-order valence-electron chi connectivity index (χ4n) is 2.39. The zero-order chi connectivity index (χ0) is 16.0. The zero-order valence-corrected chi connectivity index (χ0v) is 12.9. The SMILES string of the molecule is Cc1cnc(-c2ccc3c(cnn3C3=CC(=O)NS3=O)c2)cn1. The van der Waals surface area contributed by atoms with Crippen molar-refractivity contribution in [3.63, 3.8) is 0 Å². The fourth-order valence-corrected chi connectivity index (χ4v) is 3.25. The van der Waals surface area contributed by atoms with Crippen LogP contribution in [0.2, 0.25) is 0 Å². The van der Waals surface area contributed by atoms with Gasteiger partial charge in [-0.3, -0.25) is 19.5 Å². The number of aromatic nitrogens is 4. The van der Waals surface area contributed by atoms with Crippen molar-refractivity contribution in [1.82, 2.24) is 24.5 Å². The van der Waals surface area contributed by atoms with Crippen LogP contribution in [0.3, 0.4) is 0 Å². The third-order valence-electron chi connectivity index (χ3n) is 3.49. The summed E-state index contributed by atoms with van der Waals surface area (Å²) < 4.78 is 15.7. The Hall–Kier alpha value is -2.87. The van der Waals surface area contributed by atoms with Crippen molar-refractivity contribution in [2.45, 2.75) is 6.92 Å². The highest BCUT2D eigenvalue weighted by Crippen LogP contribution is 2.25. The first kappa shape index (κ1) is 13.8. The molecule has 0 aliphatic carbocycles. The molecule has 7 nitrogen and oxygen atoms in total. The minimum absolute atomic E-state index is 0.327. The standard InChI is InChI=1S/C15H11N5O2S/c1-9-6-17-12(8-16-9)10-2-3-13-11(4-10)7-18-20(13)15-5-14(21)19-23(15)22/h2-8H,1H3,(H,19,21). The molecule has 8 heteroatoms. The monoisotopic (exact) mass is 325 g/mol. The molecule has 0 saturated heterocycles. The molecular weight excluding hydrogens is 314 g/mol. The summed E-state index contributed by atoms with van der Waals surface area (Å²) in [5, 5.41) is 5.43. The van der Waals surface area contributed by atoms with Crippen LogP contribution in [0.5, 0.6) is 0 Å². The Labute approximate surface area is 133 Å². The van der Waals surface area contributed by atoms with Crippen LogP contribution < -0.4 is 4.72 Å². The molecule has 1 atom stereocenters. The van der Waals surface area contributed by atoms with Crippen LogP contribution in [0.25, 0.3) is 27.2 Å². The van der Waals surface area contributed by atoms with Crippen LogP contribution in [0.4, 0.5) is 0 Å². The maximum atomic E-state index is 11.9. The Kier molecular flexibility index (Phi) is 3.05. The van der Waals surface area contributed by atoms with Crippen molar-refractivity contribution in [2.24, 2.45) is 0 Å². The van der Waals surface area contributed by atoms with E-state index in [2.05, 4.69) is 19.8 Å². The zero-order valence-electron chi connectivity index (χ0n) is 12.1. The molecule has 1 unspecified atom stereocenters. The van der Waals surface area contributed by atoms with Crippen molar-refractivity contribution in [1.29, 1.82) is 0 Å². The summed E-state index contributed by atoms with van der Waals surface area (Å²) in [5.41, 5.74) is 3.31. The Bertz CT molecular complexity index is 991. The number of carbonyl (C=O) groups is 1. The van der Waals surface area contributed by atoms with Gasteiger partial charge in [-0.1, -0.05) is 6.07 Å². The van der Waals surface area contributed by atoms with Gasteiger partial charge in [0.1, 0.15) is 0 Å². The summed E-state index contributed by atoms with van der Waals surface area (Å²) in [7, 11) is -1.58. The van der Waals surface area contributed by atoms with Gasteiger partial charge in [0.05, 0.1) is 29.3 Å². The lowest BCUT2D eigenvalue weighted by Gasteiger charge is -2.04. The fraction of sp³-hybridized carbons (Fsp3) is 0.0667. The summed E-state index contributed by atoms with van der Waals surface area (Å²) in [5.74, 6) is -0.381. The maximum absolute atomic E-state index is 11.9. The smallest absolute Gasteiger partial charge is 0.258 e. The number of rotatable bonds is 2. The van der Waals surface area contributed by atoms with Crippen LogP contribution in [-0.2, 0) is 15.8 Å². The van der Waals surface area contributed by atoms with Crippen LogP contribution in [0, 0.1) is 6.92 Å². The first-order valence-corrected chi connectivity index (χ1v) is 7.98. The first-order valence-electron chi connectivity index (χ1n) is 6.83. The summed E-state index contributed by atoms with van der Waals surface area (Å²) >= 11 is 0. The van der Waals surface area contributed by atoms with E-state index in [1.165, 1.54) is 10.8 Å². The summed E-state index contributed by atoms with van der Waals surface area (Å²) in [6, 6.07) is 5.69. The normalized spacial score (nSPS) is 17.3. The van der Waals surface area contributed by atoms with Crippen molar-refractivity contribution in [3.8, 4) is 11.3 Å². The predicted octanol–water partition coefficient (Wildman–Crippen LogP) is 1.39. The van der Waals surface area contributed by atoms with Crippen molar-refractivity contribution in [3.05, 3.63) is 48.6 Å². The Morgan fingerprint density at radius 3 is 2.74 bits per heavy atom. The molecule has 2 aromatic heterocycles. The van der Waals surface area contributed by atoms with E-state index in [4.69, 9.17) is 0 Å². The topological polar surface area (TPSA) is 89.8 Å². The molecule has 3 aromatic rings. The van der Waals surface area contributed by atoms with E-state index < -0.39 is 11.0 Å². The number of hydrogen-bond donors (Lipinski definition) is 1. The number of nitrogens with zero attached hydrogens (tertiary/aromatic N) is 4. The van der Waals surface area contributed by atoms with Gasteiger partial charge in [0.15, 0.2) is 16.0 Å². The van der Waals surface area contributed by atoms with E-state index in [-0.39, 0.29) is 5.91 Å². The van der Waals surface area contributed by atoms with E-state index in [1.54, 1.807) is 18.6 Å². The number of amides is 1. The Balaban J connectivity index is 1.80. The van der Waals surface area contributed by atoms with Gasteiger partial charge in [0.2, 0.25) is 0 Å². The van der Waals surface area contributed by atoms with Crippen LogP contribution in [0.1, 0.15) is 5.69 Å². The molecule has 23 heavy (non-hydrogen) atoms. The quantitative estimate of drug-likeness (QED) is 0.769. The average Bonchev–Trinajstić information content (AvgIpc) is 3.10. The lowest BCUT2D eigenvalue weighted by Crippen LogP contribution is -2.17. The number of fused-ring (bicyclic) bond motifs is 1. The first-order chi connectivity index (χ1) is 11.1. The van der Waals surface area contributed by atoms with Gasteiger partial charge in [0, 0.05) is 23.2 Å². The van der Waals surface area contributed by atoms with Crippen molar-refractivity contribution >= 4 is 32.8 Å². The molecule has 1 aliphatic heterocycles. The molecule has 1 amide bonds. The molecule has 0 saturated carbocycles. The number of aryl methyl sites for hydroxylation is 1. The number of carbonyl (C=O) groups excluding carboxylic acids is 1. The van der Waals surface area contributed by atoms with Crippen LogP contribution >= 0.6 is 0 Å². The second-order valence-corrected chi connectivity index (χ2v) is 6.25.